The molecule has 0 bridgehead atoms. The first kappa shape index (κ1) is 11.6. The highest BCUT2D eigenvalue weighted by Crippen LogP contribution is 2.19. The molecule has 3 rings (SSSR count). The quantitative estimate of drug-likeness (QED) is 0.700. The van der Waals surface area contributed by atoms with Crippen molar-refractivity contribution >= 4 is 5.91 Å². The Morgan fingerprint density at radius 1 is 1.37 bits per heavy atom. The fourth-order valence-electron chi connectivity index (χ4n) is 1.97. The molecule has 8 nitrogen and oxygen atoms in total. The zero-order chi connectivity index (χ0) is 13.2. The predicted molar refractivity (Wildman–Crippen MR) is 64.1 cm³/mol. The Balaban J connectivity index is 1.59. The number of carbonyl (C=O) groups excluding carboxylic acids is 1. The van der Waals surface area contributed by atoms with Crippen LogP contribution < -0.4 is 5.56 Å². The van der Waals surface area contributed by atoms with Crippen LogP contribution in [0.15, 0.2) is 35.5 Å². The number of hydrogen-bond donors (Lipinski definition) is 0. The minimum Gasteiger partial charge on any atom is -0.337 e. The second-order valence-electron chi connectivity index (χ2n) is 4.36. The maximum absolute atomic E-state index is 11.9. The fourth-order valence-corrected chi connectivity index (χ4v) is 1.97. The van der Waals surface area contributed by atoms with Crippen molar-refractivity contribution in [2.45, 2.75) is 12.6 Å². The third kappa shape index (κ3) is 2.24. The molecule has 0 aromatic carbocycles. The van der Waals surface area contributed by atoms with E-state index in [1.807, 2.05) is 0 Å². The number of rotatable bonds is 3. The molecule has 2 aromatic heterocycles. The van der Waals surface area contributed by atoms with Gasteiger partial charge in [0.15, 0.2) is 0 Å². The first-order valence-corrected chi connectivity index (χ1v) is 5.90. The van der Waals surface area contributed by atoms with Crippen molar-refractivity contribution < 1.29 is 4.79 Å². The summed E-state index contributed by atoms with van der Waals surface area (Å²) in [5.74, 6) is -0.114. The van der Waals surface area contributed by atoms with Gasteiger partial charge in [-0.1, -0.05) is 5.21 Å². The highest BCUT2D eigenvalue weighted by atomic mass is 16.2. The summed E-state index contributed by atoms with van der Waals surface area (Å²) in [4.78, 5) is 25.1. The van der Waals surface area contributed by atoms with Crippen molar-refractivity contribution in [3.8, 4) is 0 Å². The van der Waals surface area contributed by atoms with Crippen molar-refractivity contribution in [2.75, 3.05) is 13.1 Å². The molecule has 0 aliphatic carbocycles. The summed E-state index contributed by atoms with van der Waals surface area (Å²) in [6.07, 6.45) is 4.87. The summed E-state index contributed by atoms with van der Waals surface area (Å²) in [5.41, 5.74) is -0.274. The molecular weight excluding hydrogens is 248 g/mol. The van der Waals surface area contributed by atoms with Crippen LogP contribution in [0.1, 0.15) is 6.04 Å². The van der Waals surface area contributed by atoms with E-state index < -0.39 is 0 Å². The van der Waals surface area contributed by atoms with E-state index >= 15 is 0 Å². The first-order chi connectivity index (χ1) is 9.24. The molecule has 0 saturated carbocycles. The average molecular weight is 260 g/mol. The minimum absolute atomic E-state index is 0.0241. The van der Waals surface area contributed by atoms with Crippen LogP contribution >= 0.6 is 0 Å². The lowest BCUT2D eigenvalue weighted by Crippen LogP contribution is -2.52. The number of carbonyl (C=O) groups is 1. The predicted octanol–water partition coefficient (Wildman–Crippen LogP) is -1.08. The van der Waals surface area contributed by atoms with Gasteiger partial charge < -0.3 is 4.90 Å². The molecule has 0 spiro atoms. The average Bonchev–Trinajstić information content (AvgIpc) is 2.84. The lowest BCUT2D eigenvalue weighted by atomic mass is 10.1. The van der Waals surface area contributed by atoms with E-state index in [1.54, 1.807) is 28.0 Å². The molecular formula is C11H12N6O2. The van der Waals surface area contributed by atoms with Crippen LogP contribution in [0.4, 0.5) is 0 Å². The minimum atomic E-state index is -0.274. The van der Waals surface area contributed by atoms with Crippen LogP contribution in [0.2, 0.25) is 0 Å². The number of hydrogen-bond acceptors (Lipinski definition) is 5. The first-order valence-electron chi connectivity index (χ1n) is 5.90. The Bertz CT molecular complexity index is 629. The standard InChI is InChI=1S/C11H12N6O2/c18-10-2-1-3-13-17(10)8-11(19)15-6-9(7-15)16-5-4-12-14-16/h1-5,9H,6-8H2. The molecule has 0 radical (unpaired) electrons. The van der Waals surface area contributed by atoms with E-state index in [-0.39, 0.29) is 24.1 Å². The molecule has 2 aromatic rings. The third-order valence-corrected chi connectivity index (χ3v) is 3.10. The summed E-state index contributed by atoms with van der Waals surface area (Å²) in [7, 11) is 0. The second kappa shape index (κ2) is 4.63. The van der Waals surface area contributed by atoms with Crippen molar-refractivity contribution in [1.82, 2.24) is 29.7 Å². The van der Waals surface area contributed by atoms with Gasteiger partial charge >= 0.3 is 0 Å². The van der Waals surface area contributed by atoms with Gasteiger partial charge in [0.05, 0.1) is 12.2 Å². The lowest BCUT2D eigenvalue weighted by molar-refractivity contribution is -0.138. The Labute approximate surface area is 108 Å². The molecule has 0 N–H and O–H groups in total. The van der Waals surface area contributed by atoms with Crippen molar-refractivity contribution in [3.05, 3.63) is 41.1 Å². The van der Waals surface area contributed by atoms with Crippen LogP contribution in [-0.4, -0.2) is 48.7 Å². The van der Waals surface area contributed by atoms with Gasteiger partial charge in [-0.15, -0.1) is 5.10 Å². The van der Waals surface area contributed by atoms with Crippen molar-refractivity contribution in [2.24, 2.45) is 0 Å². The van der Waals surface area contributed by atoms with Crippen LogP contribution in [0, 0.1) is 0 Å². The topological polar surface area (TPSA) is 85.9 Å². The number of aromatic nitrogens is 5. The Morgan fingerprint density at radius 2 is 2.21 bits per heavy atom. The van der Waals surface area contributed by atoms with Crippen LogP contribution in [0.5, 0.6) is 0 Å². The number of nitrogens with zero attached hydrogens (tertiary/aromatic N) is 6. The maximum Gasteiger partial charge on any atom is 0.267 e. The zero-order valence-electron chi connectivity index (χ0n) is 10.1. The molecule has 1 saturated heterocycles. The lowest BCUT2D eigenvalue weighted by Gasteiger charge is -2.38. The molecule has 19 heavy (non-hydrogen) atoms. The highest BCUT2D eigenvalue weighted by molar-refractivity contribution is 5.76. The third-order valence-electron chi connectivity index (χ3n) is 3.10. The van der Waals surface area contributed by atoms with Gasteiger partial charge in [0, 0.05) is 31.5 Å². The van der Waals surface area contributed by atoms with Gasteiger partial charge in [0.25, 0.3) is 5.56 Å². The van der Waals surface area contributed by atoms with E-state index in [9.17, 15) is 9.59 Å². The molecule has 0 unspecified atom stereocenters. The molecule has 0 atom stereocenters. The number of amides is 1. The van der Waals surface area contributed by atoms with E-state index in [0.29, 0.717) is 13.1 Å². The molecule has 8 heteroatoms. The summed E-state index contributed by atoms with van der Waals surface area (Å²) >= 11 is 0. The van der Waals surface area contributed by atoms with Crippen molar-refractivity contribution in [3.63, 3.8) is 0 Å². The number of likely N-dealkylation sites (tertiary alicyclic amines) is 1. The van der Waals surface area contributed by atoms with Crippen molar-refractivity contribution in [1.29, 1.82) is 0 Å². The monoisotopic (exact) mass is 260 g/mol. The van der Waals surface area contributed by atoms with E-state index in [0.717, 1.165) is 4.68 Å². The summed E-state index contributed by atoms with van der Waals surface area (Å²) in [5, 5.41) is 11.5. The van der Waals surface area contributed by atoms with Gasteiger partial charge in [-0.05, 0) is 6.07 Å². The van der Waals surface area contributed by atoms with Gasteiger partial charge in [0.2, 0.25) is 5.91 Å². The van der Waals surface area contributed by atoms with Gasteiger partial charge in [0.1, 0.15) is 6.54 Å². The van der Waals surface area contributed by atoms with Gasteiger partial charge in [-0.2, -0.15) is 5.10 Å². The van der Waals surface area contributed by atoms with E-state index in [4.69, 9.17) is 0 Å². The molecule has 3 heterocycles. The van der Waals surface area contributed by atoms with Crippen LogP contribution in [0.25, 0.3) is 0 Å². The summed E-state index contributed by atoms with van der Waals surface area (Å²) in [6.45, 7) is 1.15. The second-order valence-corrected chi connectivity index (χ2v) is 4.36. The zero-order valence-corrected chi connectivity index (χ0v) is 10.1. The normalized spacial score (nSPS) is 15.3. The van der Waals surface area contributed by atoms with Gasteiger partial charge in [-0.25, -0.2) is 9.36 Å². The van der Waals surface area contributed by atoms with E-state index in [1.165, 1.54) is 12.3 Å². The Morgan fingerprint density at radius 3 is 2.89 bits per heavy atom. The molecule has 1 amide bonds. The van der Waals surface area contributed by atoms with Crippen LogP contribution in [-0.2, 0) is 11.3 Å². The van der Waals surface area contributed by atoms with E-state index in [2.05, 4.69) is 15.4 Å². The largest absolute Gasteiger partial charge is 0.337 e. The molecule has 1 fully saturated rings. The Hall–Kier alpha value is -2.51. The molecule has 1 aliphatic heterocycles. The smallest absolute Gasteiger partial charge is 0.267 e. The SMILES string of the molecule is O=C(Cn1ncccc1=O)N1CC(n2ccnn2)C1. The summed E-state index contributed by atoms with van der Waals surface area (Å²) in [6, 6.07) is 3.11. The summed E-state index contributed by atoms with van der Waals surface area (Å²) < 4.78 is 2.89. The molecule has 98 valence electrons. The maximum atomic E-state index is 11.9. The highest BCUT2D eigenvalue weighted by Gasteiger charge is 2.32. The molecule has 1 aliphatic rings. The Kier molecular flexibility index (Phi) is 2.82. The fraction of sp³-hybridized carbons (Fsp3) is 0.364. The van der Waals surface area contributed by atoms with Gasteiger partial charge in [-0.3, -0.25) is 9.59 Å². The van der Waals surface area contributed by atoms with Crippen LogP contribution in [0.3, 0.4) is 0 Å².